The number of halogens is 5. The van der Waals surface area contributed by atoms with E-state index in [9.17, 15) is 27.1 Å². The van der Waals surface area contributed by atoms with Crippen molar-refractivity contribution in [1.29, 1.82) is 0 Å². The first-order valence-electron chi connectivity index (χ1n) is 13.3. The number of hydrogen-bond acceptors (Lipinski definition) is 4. The van der Waals surface area contributed by atoms with Gasteiger partial charge < -0.3 is 19.3 Å². The number of hydrogen-bond donors (Lipinski definition) is 1. The predicted octanol–water partition coefficient (Wildman–Crippen LogP) is 7.77. The Kier molecular flexibility index (Phi) is 8.69. The highest BCUT2D eigenvalue weighted by Gasteiger charge is 2.47. The second-order valence-electron chi connectivity index (χ2n) is 10.9. The fourth-order valence-electron chi connectivity index (χ4n) is 5.52. The minimum absolute atomic E-state index is 0.123. The summed E-state index contributed by atoms with van der Waals surface area (Å²) < 4.78 is 85.1. The molecule has 1 aliphatic heterocycles. The summed E-state index contributed by atoms with van der Waals surface area (Å²) in [6.07, 6.45) is 5.62. The molecule has 1 N–H and O–H groups in total. The van der Waals surface area contributed by atoms with Gasteiger partial charge in [0, 0.05) is 23.1 Å². The summed E-state index contributed by atoms with van der Waals surface area (Å²) in [5.74, 6) is -6.85. The lowest BCUT2D eigenvalue weighted by molar-refractivity contribution is -0.418. The summed E-state index contributed by atoms with van der Waals surface area (Å²) in [7, 11) is 0. The van der Waals surface area contributed by atoms with Gasteiger partial charge in [0.05, 0.1) is 18.8 Å². The maximum atomic E-state index is 14.6. The zero-order valence-corrected chi connectivity index (χ0v) is 21.8. The van der Waals surface area contributed by atoms with Gasteiger partial charge in [-0.1, -0.05) is 64.5 Å². The summed E-state index contributed by atoms with van der Waals surface area (Å²) in [4.78, 5) is 0. The fourth-order valence-corrected chi connectivity index (χ4v) is 5.52. The molecule has 0 atom stereocenters. The van der Waals surface area contributed by atoms with E-state index in [1.165, 1.54) is 50.7 Å². The number of benzene rings is 2. The predicted molar refractivity (Wildman–Crippen MR) is 131 cm³/mol. The highest BCUT2D eigenvalue weighted by atomic mass is 19.3. The highest BCUT2D eigenvalue weighted by molar-refractivity contribution is 5.30. The average molecular weight is 543 g/mol. The van der Waals surface area contributed by atoms with Crippen LogP contribution in [0.2, 0.25) is 0 Å². The lowest BCUT2D eigenvalue weighted by Crippen LogP contribution is -2.50. The van der Waals surface area contributed by atoms with E-state index in [1.54, 1.807) is 0 Å². The van der Waals surface area contributed by atoms with E-state index in [1.807, 2.05) is 0 Å². The Labute approximate surface area is 220 Å². The average Bonchev–Trinajstić information content (AvgIpc) is 2.89. The maximum Gasteiger partial charge on any atom is 0.426 e. The minimum atomic E-state index is -3.99. The fraction of sp³-hybridized carbons (Fsp3) is 0.586. The molecule has 38 heavy (non-hydrogen) atoms. The summed E-state index contributed by atoms with van der Waals surface area (Å²) >= 11 is 0. The van der Waals surface area contributed by atoms with Crippen molar-refractivity contribution in [3.05, 3.63) is 65.0 Å². The van der Waals surface area contributed by atoms with Gasteiger partial charge in [-0.05, 0) is 36.8 Å². The van der Waals surface area contributed by atoms with Gasteiger partial charge in [-0.2, -0.15) is 8.78 Å². The second-order valence-corrected chi connectivity index (χ2v) is 10.9. The van der Waals surface area contributed by atoms with Crippen LogP contribution in [0.3, 0.4) is 0 Å². The van der Waals surface area contributed by atoms with E-state index in [4.69, 9.17) is 9.47 Å². The first kappa shape index (κ1) is 28.8. The van der Waals surface area contributed by atoms with E-state index >= 15 is 0 Å². The molecule has 1 heterocycles. The van der Waals surface area contributed by atoms with Crippen molar-refractivity contribution in [2.24, 2.45) is 17.3 Å². The summed E-state index contributed by atoms with van der Waals surface area (Å²) in [6.45, 7) is 4.83. The molecule has 0 amide bonds. The standard InChI is InChI=1S/C29H35F5O4/c1-3-4-5-6-19-7-9-20(10-8-19)27(2)17-36-29(35,37-18-27)22-13-11-21(12-14-22)28(33,34)38-23-15-24(30)26(32)25(31)16-23/h11-16,19-20,35H,3-10,17-18H2,1-2H3. The van der Waals surface area contributed by atoms with Crippen LogP contribution in [-0.4, -0.2) is 18.3 Å². The highest BCUT2D eigenvalue weighted by Crippen LogP contribution is 2.46. The van der Waals surface area contributed by atoms with Crippen LogP contribution in [0.1, 0.15) is 76.3 Å². The first-order valence-corrected chi connectivity index (χ1v) is 13.3. The third kappa shape index (κ3) is 6.32. The molecular formula is C29H35F5O4. The van der Waals surface area contributed by atoms with Crippen LogP contribution >= 0.6 is 0 Å². The van der Waals surface area contributed by atoms with Crippen molar-refractivity contribution in [1.82, 2.24) is 0 Å². The largest absolute Gasteiger partial charge is 0.429 e. The maximum absolute atomic E-state index is 14.6. The molecule has 2 aliphatic rings. The van der Waals surface area contributed by atoms with Gasteiger partial charge in [0.2, 0.25) is 0 Å². The molecule has 210 valence electrons. The SMILES string of the molecule is CCCCCC1CCC(C2(C)COC(O)(c3ccc(C(F)(F)Oc4cc(F)c(F)c(F)c4)cc3)OC2)CC1. The Hall–Kier alpha value is -2.23. The lowest BCUT2D eigenvalue weighted by Gasteiger charge is -2.47. The van der Waals surface area contributed by atoms with Gasteiger partial charge >= 0.3 is 12.1 Å². The van der Waals surface area contributed by atoms with Crippen molar-refractivity contribution >= 4 is 0 Å². The van der Waals surface area contributed by atoms with Gasteiger partial charge in [0.1, 0.15) is 5.75 Å². The Balaban J connectivity index is 1.35. The van der Waals surface area contributed by atoms with Crippen LogP contribution in [0.25, 0.3) is 0 Å². The van der Waals surface area contributed by atoms with E-state index in [-0.39, 0.29) is 24.2 Å². The molecule has 1 saturated heterocycles. The minimum Gasteiger partial charge on any atom is -0.429 e. The summed E-state index contributed by atoms with van der Waals surface area (Å²) in [5, 5.41) is 11.0. The molecular weight excluding hydrogens is 507 g/mol. The molecule has 0 spiro atoms. The van der Waals surface area contributed by atoms with Crippen molar-refractivity contribution in [2.45, 2.75) is 77.3 Å². The molecule has 2 aromatic carbocycles. The van der Waals surface area contributed by atoms with Crippen LogP contribution in [0.5, 0.6) is 5.75 Å². The third-order valence-electron chi connectivity index (χ3n) is 8.03. The zero-order valence-electron chi connectivity index (χ0n) is 21.8. The van der Waals surface area contributed by atoms with Crippen LogP contribution in [-0.2, 0) is 21.6 Å². The molecule has 4 nitrogen and oxygen atoms in total. The Bertz CT molecular complexity index is 1050. The van der Waals surface area contributed by atoms with E-state index in [2.05, 4.69) is 18.6 Å². The molecule has 9 heteroatoms. The van der Waals surface area contributed by atoms with Gasteiger partial charge in [0.15, 0.2) is 17.5 Å². The van der Waals surface area contributed by atoms with Crippen molar-refractivity contribution in [2.75, 3.05) is 13.2 Å². The molecule has 2 fully saturated rings. The Morgan fingerprint density at radius 2 is 1.53 bits per heavy atom. The Morgan fingerprint density at radius 1 is 0.947 bits per heavy atom. The molecule has 0 unspecified atom stereocenters. The van der Waals surface area contributed by atoms with Crippen LogP contribution < -0.4 is 4.74 Å². The van der Waals surface area contributed by atoms with Crippen LogP contribution in [0.4, 0.5) is 22.0 Å². The molecule has 1 saturated carbocycles. The van der Waals surface area contributed by atoms with Crippen molar-refractivity contribution < 1.29 is 41.3 Å². The zero-order chi connectivity index (χ0) is 27.6. The lowest BCUT2D eigenvalue weighted by atomic mass is 9.67. The smallest absolute Gasteiger partial charge is 0.426 e. The van der Waals surface area contributed by atoms with E-state index in [0.29, 0.717) is 18.1 Å². The number of alkyl halides is 2. The Morgan fingerprint density at radius 3 is 2.08 bits per heavy atom. The van der Waals surface area contributed by atoms with Crippen molar-refractivity contribution in [3.63, 3.8) is 0 Å². The van der Waals surface area contributed by atoms with Crippen LogP contribution in [0, 0.1) is 34.7 Å². The molecule has 4 rings (SSSR count). The monoisotopic (exact) mass is 542 g/mol. The number of aliphatic hydroxyl groups is 1. The molecule has 1 aliphatic carbocycles. The first-order chi connectivity index (χ1) is 18.0. The summed E-state index contributed by atoms with van der Waals surface area (Å²) in [5.41, 5.74) is -0.787. The second kappa shape index (κ2) is 11.5. The van der Waals surface area contributed by atoms with Gasteiger partial charge in [-0.25, -0.2) is 13.2 Å². The van der Waals surface area contributed by atoms with E-state index in [0.717, 1.165) is 30.9 Å². The molecule has 0 aromatic heterocycles. The number of rotatable bonds is 9. The normalized spacial score (nSPS) is 28.3. The number of unbranched alkanes of at least 4 members (excludes halogenated alkanes) is 2. The van der Waals surface area contributed by atoms with Crippen molar-refractivity contribution in [3.8, 4) is 5.75 Å². The van der Waals surface area contributed by atoms with Gasteiger partial charge in [-0.3, -0.25) is 0 Å². The van der Waals surface area contributed by atoms with Gasteiger partial charge in [-0.15, -0.1) is 0 Å². The third-order valence-corrected chi connectivity index (χ3v) is 8.03. The number of ether oxygens (including phenoxy) is 3. The molecule has 0 bridgehead atoms. The molecule has 2 aromatic rings. The van der Waals surface area contributed by atoms with E-state index < -0.39 is 40.8 Å². The quantitative estimate of drug-likeness (QED) is 0.200. The van der Waals surface area contributed by atoms with Gasteiger partial charge in [0.25, 0.3) is 0 Å². The topological polar surface area (TPSA) is 47.9 Å². The summed E-state index contributed by atoms with van der Waals surface area (Å²) in [6, 6.07) is 5.07. The molecule has 0 radical (unpaired) electrons. The van der Waals surface area contributed by atoms with Crippen LogP contribution in [0.15, 0.2) is 36.4 Å².